The second kappa shape index (κ2) is 6.90. The van der Waals surface area contributed by atoms with Crippen molar-refractivity contribution in [1.29, 1.82) is 0 Å². The number of ether oxygens (including phenoxy) is 1. The number of amides is 2. The Kier molecular flexibility index (Phi) is 5.11. The van der Waals surface area contributed by atoms with Gasteiger partial charge in [-0.2, -0.15) is 0 Å². The average molecular weight is 334 g/mol. The smallest absolute Gasteiger partial charge is 0.303 e. The molecule has 0 fully saturated rings. The third kappa shape index (κ3) is 3.84. The highest BCUT2D eigenvalue weighted by Gasteiger charge is 2.40. The lowest BCUT2D eigenvalue weighted by atomic mass is 10.0. The Morgan fingerprint density at radius 1 is 1.29 bits per heavy atom. The van der Waals surface area contributed by atoms with E-state index in [0.29, 0.717) is 23.7 Å². The van der Waals surface area contributed by atoms with Gasteiger partial charge in [0.2, 0.25) is 5.91 Å². The van der Waals surface area contributed by atoms with Gasteiger partial charge in [-0.1, -0.05) is 6.92 Å². The quantitative estimate of drug-likeness (QED) is 0.833. The first-order chi connectivity index (χ1) is 11.2. The van der Waals surface area contributed by atoms with Gasteiger partial charge >= 0.3 is 5.97 Å². The van der Waals surface area contributed by atoms with Crippen LogP contribution in [0, 0.1) is 0 Å². The summed E-state index contributed by atoms with van der Waals surface area (Å²) >= 11 is 0. The first-order valence-electron chi connectivity index (χ1n) is 7.91. The van der Waals surface area contributed by atoms with E-state index in [0.717, 1.165) is 6.42 Å². The molecule has 0 aliphatic carbocycles. The number of nitrogens with zero attached hydrogens (tertiary/aromatic N) is 1. The normalized spacial score (nSPS) is 15.5. The minimum atomic E-state index is -1.02. The molecule has 0 bridgehead atoms. The molecule has 7 nitrogen and oxygen atoms in total. The maximum absolute atomic E-state index is 12.5. The van der Waals surface area contributed by atoms with Crippen molar-refractivity contribution in [2.45, 2.75) is 45.6 Å². The molecule has 0 unspecified atom stereocenters. The Balaban J connectivity index is 2.22. The lowest BCUT2D eigenvalue weighted by Gasteiger charge is -2.38. The summed E-state index contributed by atoms with van der Waals surface area (Å²) in [5, 5.41) is 11.3. The first-order valence-corrected chi connectivity index (χ1v) is 7.91. The zero-order valence-corrected chi connectivity index (χ0v) is 14.1. The van der Waals surface area contributed by atoms with Gasteiger partial charge in [-0.3, -0.25) is 14.4 Å². The zero-order valence-electron chi connectivity index (χ0n) is 14.1. The molecular formula is C17H22N2O5. The van der Waals surface area contributed by atoms with Crippen LogP contribution in [0.25, 0.3) is 0 Å². The van der Waals surface area contributed by atoms with Gasteiger partial charge in [-0.05, 0) is 32.4 Å². The molecule has 130 valence electrons. The molecule has 2 rings (SSSR count). The van der Waals surface area contributed by atoms with Gasteiger partial charge in [-0.25, -0.2) is 0 Å². The van der Waals surface area contributed by atoms with Gasteiger partial charge in [0, 0.05) is 24.7 Å². The standard InChI is InChI=1S/C17H22N2O5/c1-4-9-19-12-6-5-11(18-14(20)7-8-15(21)22)10-13(12)24-17(2,3)16(19)23/h5-6,10H,4,7-9H2,1-3H3,(H,18,20)(H,21,22). The maximum Gasteiger partial charge on any atom is 0.303 e. The van der Waals surface area contributed by atoms with Crippen LogP contribution in [-0.4, -0.2) is 35.0 Å². The van der Waals surface area contributed by atoms with E-state index in [4.69, 9.17) is 9.84 Å². The van der Waals surface area contributed by atoms with E-state index in [-0.39, 0.29) is 24.7 Å². The van der Waals surface area contributed by atoms with Crippen LogP contribution in [0.5, 0.6) is 5.75 Å². The summed E-state index contributed by atoms with van der Waals surface area (Å²) in [5.74, 6) is -0.984. The predicted molar refractivity (Wildman–Crippen MR) is 89.3 cm³/mol. The minimum absolute atomic E-state index is 0.0980. The fourth-order valence-electron chi connectivity index (χ4n) is 2.54. The number of anilines is 2. The van der Waals surface area contributed by atoms with E-state index in [1.165, 1.54) is 0 Å². The van der Waals surface area contributed by atoms with Crippen molar-refractivity contribution in [3.63, 3.8) is 0 Å². The Morgan fingerprint density at radius 2 is 2.00 bits per heavy atom. The van der Waals surface area contributed by atoms with E-state index < -0.39 is 11.6 Å². The molecule has 7 heteroatoms. The highest BCUT2D eigenvalue weighted by Crippen LogP contribution is 2.39. The molecule has 0 saturated heterocycles. The molecule has 2 N–H and O–H groups in total. The second-order valence-electron chi connectivity index (χ2n) is 6.19. The summed E-state index contributed by atoms with van der Waals surface area (Å²) in [5.41, 5.74) is 0.198. The molecule has 1 aromatic carbocycles. The maximum atomic E-state index is 12.5. The molecule has 0 spiro atoms. The van der Waals surface area contributed by atoms with Crippen LogP contribution in [-0.2, 0) is 14.4 Å². The SMILES string of the molecule is CCCN1C(=O)C(C)(C)Oc2cc(NC(=O)CCC(=O)O)ccc21. The Labute approximate surface area is 140 Å². The Bertz CT molecular complexity index is 669. The summed E-state index contributed by atoms with van der Waals surface area (Å²) in [6.07, 6.45) is 0.493. The molecule has 1 aliphatic rings. The summed E-state index contributed by atoms with van der Waals surface area (Å²) < 4.78 is 5.79. The zero-order chi connectivity index (χ0) is 17.9. The third-order valence-electron chi connectivity index (χ3n) is 3.67. The number of carboxylic acid groups (broad SMARTS) is 1. The fourth-order valence-corrected chi connectivity index (χ4v) is 2.54. The van der Waals surface area contributed by atoms with Gasteiger partial charge < -0.3 is 20.1 Å². The molecule has 24 heavy (non-hydrogen) atoms. The third-order valence-corrected chi connectivity index (χ3v) is 3.67. The van der Waals surface area contributed by atoms with E-state index >= 15 is 0 Å². The van der Waals surface area contributed by atoms with Crippen molar-refractivity contribution in [2.24, 2.45) is 0 Å². The van der Waals surface area contributed by atoms with Crippen LogP contribution in [0.2, 0.25) is 0 Å². The van der Waals surface area contributed by atoms with Crippen molar-refractivity contribution < 1.29 is 24.2 Å². The molecular weight excluding hydrogens is 312 g/mol. The van der Waals surface area contributed by atoms with E-state index in [1.807, 2.05) is 6.92 Å². The van der Waals surface area contributed by atoms with Crippen molar-refractivity contribution in [1.82, 2.24) is 0 Å². The molecule has 1 aliphatic heterocycles. The Hall–Kier alpha value is -2.57. The summed E-state index contributed by atoms with van der Waals surface area (Å²) in [6.45, 7) is 5.99. The number of aliphatic carboxylic acids is 1. The molecule has 0 atom stereocenters. The van der Waals surface area contributed by atoms with E-state index in [1.54, 1.807) is 36.9 Å². The monoisotopic (exact) mass is 334 g/mol. The van der Waals surface area contributed by atoms with Crippen LogP contribution in [0.15, 0.2) is 18.2 Å². The number of hydrogen-bond donors (Lipinski definition) is 2. The number of benzene rings is 1. The van der Waals surface area contributed by atoms with Gasteiger partial charge in [0.05, 0.1) is 12.1 Å². The number of carboxylic acids is 1. The molecule has 2 amide bonds. The van der Waals surface area contributed by atoms with Crippen LogP contribution in [0.1, 0.15) is 40.0 Å². The average Bonchev–Trinajstić information content (AvgIpc) is 2.49. The van der Waals surface area contributed by atoms with E-state index in [2.05, 4.69) is 5.32 Å². The highest BCUT2D eigenvalue weighted by atomic mass is 16.5. The van der Waals surface area contributed by atoms with Gasteiger partial charge in [-0.15, -0.1) is 0 Å². The molecule has 0 radical (unpaired) electrons. The number of hydrogen-bond acceptors (Lipinski definition) is 4. The summed E-state index contributed by atoms with van der Waals surface area (Å²) in [6, 6.07) is 5.06. The van der Waals surface area contributed by atoms with Crippen LogP contribution >= 0.6 is 0 Å². The predicted octanol–water partition coefficient (Wildman–Crippen LogP) is 2.40. The van der Waals surface area contributed by atoms with Gasteiger partial charge in [0.25, 0.3) is 5.91 Å². The lowest BCUT2D eigenvalue weighted by Crippen LogP contribution is -2.52. The van der Waals surface area contributed by atoms with Crippen LogP contribution in [0.4, 0.5) is 11.4 Å². The molecule has 1 aromatic rings. The van der Waals surface area contributed by atoms with Gasteiger partial charge in [0.1, 0.15) is 5.75 Å². The summed E-state index contributed by atoms with van der Waals surface area (Å²) in [4.78, 5) is 36.4. The second-order valence-corrected chi connectivity index (χ2v) is 6.19. The van der Waals surface area contributed by atoms with Gasteiger partial charge in [0.15, 0.2) is 5.60 Å². The largest absolute Gasteiger partial charge is 0.481 e. The number of carbonyl (C=O) groups is 3. The van der Waals surface area contributed by atoms with E-state index in [9.17, 15) is 14.4 Å². The first kappa shape index (κ1) is 17.8. The van der Waals surface area contributed by atoms with Crippen LogP contribution < -0.4 is 15.0 Å². The topological polar surface area (TPSA) is 95.9 Å². The fraction of sp³-hybridized carbons (Fsp3) is 0.471. The number of rotatable bonds is 6. The number of nitrogens with one attached hydrogen (secondary N) is 1. The number of fused-ring (bicyclic) bond motifs is 1. The minimum Gasteiger partial charge on any atom is -0.481 e. The van der Waals surface area contributed by atoms with Crippen LogP contribution in [0.3, 0.4) is 0 Å². The molecule has 1 heterocycles. The number of carbonyl (C=O) groups excluding carboxylic acids is 2. The Morgan fingerprint density at radius 3 is 2.62 bits per heavy atom. The molecule has 0 saturated carbocycles. The highest BCUT2D eigenvalue weighted by molar-refractivity contribution is 6.03. The van der Waals surface area contributed by atoms with Crippen molar-refractivity contribution >= 4 is 29.2 Å². The lowest BCUT2D eigenvalue weighted by molar-refractivity contribution is -0.138. The summed E-state index contributed by atoms with van der Waals surface area (Å²) in [7, 11) is 0. The molecule has 0 aromatic heterocycles. The van der Waals surface area contributed by atoms with Crippen molar-refractivity contribution in [3.8, 4) is 5.75 Å². The van der Waals surface area contributed by atoms with Crippen molar-refractivity contribution in [2.75, 3.05) is 16.8 Å². The van der Waals surface area contributed by atoms with Crippen molar-refractivity contribution in [3.05, 3.63) is 18.2 Å².